The fourth-order valence-corrected chi connectivity index (χ4v) is 3.53. The maximum absolute atomic E-state index is 14.3. The van der Waals surface area contributed by atoms with Gasteiger partial charge in [-0.3, -0.25) is 9.59 Å². The van der Waals surface area contributed by atoms with Crippen molar-refractivity contribution in [1.29, 1.82) is 0 Å². The van der Waals surface area contributed by atoms with Crippen molar-refractivity contribution in [1.82, 2.24) is 4.57 Å². The molecule has 140 valence electrons. The molecule has 0 bridgehead atoms. The molecule has 0 aliphatic carbocycles. The Balaban J connectivity index is 2.18. The first-order chi connectivity index (χ1) is 12.9. The topological polar surface area (TPSA) is 69.9 Å². The van der Waals surface area contributed by atoms with Gasteiger partial charge in [0.05, 0.1) is 24.4 Å². The lowest BCUT2D eigenvalue weighted by Crippen LogP contribution is -2.22. The first kappa shape index (κ1) is 18.7. The maximum Gasteiger partial charge on any atom is 0.325 e. The van der Waals surface area contributed by atoms with Crippen LogP contribution in [0.1, 0.15) is 10.4 Å². The second-order valence-electron chi connectivity index (χ2n) is 5.43. The average molecular weight is 392 g/mol. The van der Waals surface area contributed by atoms with E-state index in [2.05, 4.69) is 9.73 Å². The second kappa shape index (κ2) is 7.67. The van der Waals surface area contributed by atoms with Gasteiger partial charge in [-0.1, -0.05) is 17.4 Å². The lowest BCUT2D eigenvalue weighted by Gasteiger charge is -2.05. The number of carbonyl (C=O) groups excluding carboxylic acids is 2. The number of benzene rings is 2. The van der Waals surface area contributed by atoms with E-state index in [1.165, 1.54) is 24.9 Å². The van der Waals surface area contributed by atoms with Crippen molar-refractivity contribution in [2.75, 3.05) is 14.2 Å². The fraction of sp³-hybridized carbons (Fsp3) is 0.167. The highest BCUT2D eigenvalue weighted by molar-refractivity contribution is 7.16. The van der Waals surface area contributed by atoms with Crippen LogP contribution in [-0.4, -0.2) is 30.7 Å². The zero-order valence-corrected chi connectivity index (χ0v) is 15.2. The van der Waals surface area contributed by atoms with Crippen LogP contribution in [0, 0.1) is 11.6 Å². The third-order valence-corrected chi connectivity index (χ3v) is 4.75. The molecular formula is C18H14F2N2O4S. The molecule has 2 aromatic carbocycles. The number of hydrogen-bond donors (Lipinski definition) is 0. The van der Waals surface area contributed by atoms with Crippen molar-refractivity contribution in [2.45, 2.75) is 6.54 Å². The minimum atomic E-state index is -0.861. The molecule has 6 nitrogen and oxygen atoms in total. The van der Waals surface area contributed by atoms with Gasteiger partial charge in [0.15, 0.2) is 10.6 Å². The average Bonchev–Trinajstić information content (AvgIpc) is 2.98. The van der Waals surface area contributed by atoms with Crippen LogP contribution < -0.4 is 9.54 Å². The number of esters is 1. The molecule has 1 aromatic heterocycles. The summed E-state index contributed by atoms with van der Waals surface area (Å²) in [7, 11) is 2.65. The van der Waals surface area contributed by atoms with Gasteiger partial charge in [-0.15, -0.1) is 0 Å². The van der Waals surface area contributed by atoms with Gasteiger partial charge in [0.25, 0.3) is 5.91 Å². The van der Waals surface area contributed by atoms with Crippen molar-refractivity contribution in [2.24, 2.45) is 4.99 Å². The zero-order valence-electron chi connectivity index (χ0n) is 14.4. The number of ether oxygens (including phenoxy) is 2. The van der Waals surface area contributed by atoms with E-state index < -0.39 is 23.5 Å². The van der Waals surface area contributed by atoms with Gasteiger partial charge >= 0.3 is 5.97 Å². The van der Waals surface area contributed by atoms with Crippen LogP contribution in [0.4, 0.5) is 8.78 Å². The molecule has 0 unspecified atom stereocenters. The smallest absolute Gasteiger partial charge is 0.325 e. The van der Waals surface area contributed by atoms with Gasteiger partial charge in [-0.2, -0.15) is 4.99 Å². The van der Waals surface area contributed by atoms with Crippen molar-refractivity contribution in [3.63, 3.8) is 0 Å². The molecule has 9 heteroatoms. The number of amides is 1. The van der Waals surface area contributed by atoms with E-state index in [4.69, 9.17) is 4.74 Å². The Bertz CT molecular complexity index is 1100. The Morgan fingerprint density at radius 1 is 1.19 bits per heavy atom. The van der Waals surface area contributed by atoms with E-state index in [9.17, 15) is 18.4 Å². The van der Waals surface area contributed by atoms with Gasteiger partial charge in [-0.05, 0) is 24.3 Å². The molecule has 1 heterocycles. The molecular weight excluding hydrogens is 378 g/mol. The number of rotatable bonds is 4. The number of thiazole rings is 1. The molecule has 0 atom stereocenters. The quantitative estimate of drug-likeness (QED) is 0.640. The molecule has 0 saturated heterocycles. The van der Waals surface area contributed by atoms with Crippen LogP contribution in [0.5, 0.6) is 5.75 Å². The van der Waals surface area contributed by atoms with Crippen molar-refractivity contribution in [3.05, 3.63) is 58.4 Å². The summed E-state index contributed by atoms with van der Waals surface area (Å²) in [4.78, 5) is 28.3. The largest absolute Gasteiger partial charge is 0.497 e. The second-order valence-corrected chi connectivity index (χ2v) is 6.44. The highest BCUT2D eigenvalue weighted by Gasteiger charge is 2.17. The Hall–Kier alpha value is -3.07. The van der Waals surface area contributed by atoms with E-state index in [-0.39, 0.29) is 27.1 Å². The van der Waals surface area contributed by atoms with Gasteiger partial charge in [0.2, 0.25) is 0 Å². The Kier molecular flexibility index (Phi) is 5.31. The molecule has 0 aliphatic rings. The van der Waals surface area contributed by atoms with Crippen LogP contribution in [0.3, 0.4) is 0 Å². The summed E-state index contributed by atoms with van der Waals surface area (Å²) in [5, 5.41) is 0. The molecule has 0 spiro atoms. The number of carbonyl (C=O) groups is 2. The lowest BCUT2D eigenvalue weighted by atomic mass is 10.2. The van der Waals surface area contributed by atoms with Gasteiger partial charge in [0.1, 0.15) is 18.1 Å². The Morgan fingerprint density at radius 3 is 2.67 bits per heavy atom. The highest BCUT2D eigenvalue weighted by Crippen LogP contribution is 2.22. The minimum absolute atomic E-state index is 0.0241. The van der Waals surface area contributed by atoms with E-state index in [1.54, 1.807) is 18.2 Å². The predicted octanol–water partition coefficient (Wildman–Crippen LogP) is 2.90. The summed E-state index contributed by atoms with van der Waals surface area (Å²) in [5.74, 6) is -2.42. The number of aromatic nitrogens is 1. The van der Waals surface area contributed by atoms with Crippen molar-refractivity contribution in [3.8, 4) is 5.75 Å². The highest BCUT2D eigenvalue weighted by atomic mass is 32.1. The van der Waals surface area contributed by atoms with Crippen molar-refractivity contribution < 1.29 is 27.8 Å². The van der Waals surface area contributed by atoms with Crippen LogP contribution in [0.15, 0.2) is 41.4 Å². The molecule has 0 fully saturated rings. The molecule has 3 aromatic rings. The SMILES string of the molecule is COC(=O)Cn1c(=NC(=O)c2cccc(OC)c2)sc2cc(F)cc(F)c21. The van der Waals surface area contributed by atoms with Crippen molar-refractivity contribution >= 4 is 33.4 Å². The first-order valence-electron chi connectivity index (χ1n) is 7.71. The van der Waals surface area contributed by atoms with Crippen LogP contribution in [0.2, 0.25) is 0 Å². The van der Waals surface area contributed by atoms with Crippen LogP contribution >= 0.6 is 11.3 Å². The predicted molar refractivity (Wildman–Crippen MR) is 94.6 cm³/mol. The number of fused-ring (bicyclic) bond motifs is 1. The zero-order chi connectivity index (χ0) is 19.6. The van der Waals surface area contributed by atoms with E-state index >= 15 is 0 Å². The van der Waals surface area contributed by atoms with Crippen LogP contribution in [0.25, 0.3) is 10.2 Å². The summed E-state index contributed by atoms with van der Waals surface area (Å²) in [5.41, 5.74) is 0.229. The third kappa shape index (κ3) is 3.87. The maximum atomic E-state index is 14.3. The van der Waals surface area contributed by atoms with E-state index in [0.29, 0.717) is 11.8 Å². The van der Waals surface area contributed by atoms with Crippen LogP contribution in [-0.2, 0) is 16.1 Å². The minimum Gasteiger partial charge on any atom is -0.497 e. The number of nitrogens with zero attached hydrogens (tertiary/aromatic N) is 2. The molecule has 0 saturated carbocycles. The van der Waals surface area contributed by atoms with E-state index in [1.807, 2.05) is 0 Å². The number of halogens is 2. The Morgan fingerprint density at radius 2 is 1.96 bits per heavy atom. The first-order valence-corrected chi connectivity index (χ1v) is 8.53. The monoisotopic (exact) mass is 392 g/mol. The van der Waals surface area contributed by atoms with Gasteiger partial charge in [-0.25, -0.2) is 8.78 Å². The summed E-state index contributed by atoms with van der Waals surface area (Å²) in [6.45, 7) is -0.372. The van der Waals surface area contributed by atoms with Gasteiger partial charge < -0.3 is 14.0 Å². The molecule has 3 rings (SSSR count). The molecule has 0 aliphatic heterocycles. The number of hydrogen-bond acceptors (Lipinski definition) is 5. The standard InChI is InChI=1S/C18H14F2N2O4S/c1-25-12-5-3-4-10(6-12)17(24)21-18-22(9-15(23)26-2)16-13(20)7-11(19)8-14(16)27-18/h3-8H,9H2,1-2H3. The van der Waals surface area contributed by atoms with E-state index in [0.717, 1.165) is 17.4 Å². The molecule has 0 radical (unpaired) electrons. The summed E-state index contributed by atoms with van der Waals surface area (Å²) >= 11 is 0.894. The molecule has 27 heavy (non-hydrogen) atoms. The third-order valence-electron chi connectivity index (χ3n) is 3.72. The molecule has 0 N–H and O–H groups in total. The summed E-state index contributed by atoms with van der Waals surface area (Å²) in [6, 6.07) is 8.18. The normalized spacial score (nSPS) is 11.6. The number of methoxy groups -OCH3 is 2. The Labute approximate surface area is 156 Å². The lowest BCUT2D eigenvalue weighted by molar-refractivity contribution is -0.141. The van der Waals surface area contributed by atoms with Gasteiger partial charge in [0, 0.05) is 11.6 Å². The summed E-state index contributed by atoms with van der Waals surface area (Å²) in [6.07, 6.45) is 0. The molecule has 1 amide bonds. The fourth-order valence-electron chi connectivity index (χ4n) is 2.46. The summed E-state index contributed by atoms with van der Waals surface area (Å²) < 4.78 is 38.9.